The standard InChI is InChI=1S/C29H29BrN4O5S/c1-20-15-22(21(2)34(20)25-10-8-9-23(30)16-25)18-31-32-29(35)19-33(40(36,37)26-11-6-5-7-12-26)24-13-14-27(38-3)28(17-24)39-4/h5-18H,19H2,1-4H3,(H,32,35)/b31-18-. The van der Waals surface area contributed by atoms with Gasteiger partial charge in [-0.15, -0.1) is 0 Å². The van der Waals surface area contributed by atoms with Gasteiger partial charge >= 0.3 is 0 Å². The number of benzene rings is 3. The van der Waals surface area contributed by atoms with Gasteiger partial charge in [-0.05, 0) is 62.4 Å². The topological polar surface area (TPSA) is 102 Å². The number of carbonyl (C=O) groups is 1. The summed E-state index contributed by atoms with van der Waals surface area (Å²) in [5.41, 5.74) is 6.43. The third-order valence-corrected chi connectivity index (χ3v) is 8.48. The lowest BCUT2D eigenvalue weighted by atomic mass is 10.2. The fraction of sp³-hybridized carbons (Fsp3) is 0.172. The Kier molecular flexibility index (Phi) is 8.96. The van der Waals surface area contributed by atoms with Gasteiger partial charge in [0.1, 0.15) is 6.54 Å². The van der Waals surface area contributed by atoms with Crippen LogP contribution in [0.3, 0.4) is 0 Å². The van der Waals surface area contributed by atoms with Gasteiger partial charge in [0.15, 0.2) is 11.5 Å². The number of ether oxygens (including phenoxy) is 2. The number of anilines is 1. The zero-order valence-corrected chi connectivity index (χ0v) is 24.9. The Morgan fingerprint density at radius 3 is 2.38 bits per heavy atom. The van der Waals surface area contributed by atoms with Crippen molar-refractivity contribution in [3.63, 3.8) is 0 Å². The average Bonchev–Trinajstić information content (AvgIpc) is 3.24. The van der Waals surface area contributed by atoms with Crippen molar-refractivity contribution in [2.75, 3.05) is 25.1 Å². The minimum absolute atomic E-state index is 0.0427. The summed E-state index contributed by atoms with van der Waals surface area (Å²) in [5.74, 6) is 0.136. The van der Waals surface area contributed by atoms with Crippen LogP contribution in [0.1, 0.15) is 17.0 Å². The fourth-order valence-corrected chi connectivity index (χ4v) is 6.11. The highest BCUT2D eigenvalue weighted by Gasteiger charge is 2.28. The quantitative estimate of drug-likeness (QED) is 0.192. The number of aryl methyl sites for hydroxylation is 1. The molecule has 1 aromatic heterocycles. The monoisotopic (exact) mass is 624 g/mol. The van der Waals surface area contributed by atoms with Crippen LogP contribution in [0, 0.1) is 13.8 Å². The molecule has 0 aliphatic heterocycles. The molecule has 0 unspecified atom stereocenters. The number of aromatic nitrogens is 1. The summed E-state index contributed by atoms with van der Waals surface area (Å²) in [7, 11) is -1.16. The lowest BCUT2D eigenvalue weighted by molar-refractivity contribution is -0.119. The molecular formula is C29H29BrN4O5S. The predicted octanol–water partition coefficient (Wildman–Crippen LogP) is 5.22. The third-order valence-electron chi connectivity index (χ3n) is 6.20. The first kappa shape index (κ1) is 28.9. The van der Waals surface area contributed by atoms with E-state index < -0.39 is 22.5 Å². The van der Waals surface area contributed by atoms with Crippen molar-refractivity contribution in [2.45, 2.75) is 18.7 Å². The van der Waals surface area contributed by atoms with E-state index in [4.69, 9.17) is 9.47 Å². The molecule has 40 heavy (non-hydrogen) atoms. The number of hydrazone groups is 1. The highest BCUT2D eigenvalue weighted by atomic mass is 79.9. The largest absolute Gasteiger partial charge is 0.493 e. The van der Waals surface area contributed by atoms with E-state index in [0.717, 1.165) is 31.4 Å². The summed E-state index contributed by atoms with van der Waals surface area (Å²) < 4.78 is 41.9. The summed E-state index contributed by atoms with van der Waals surface area (Å²) in [5, 5.41) is 4.12. The summed E-state index contributed by atoms with van der Waals surface area (Å²) in [6, 6.07) is 22.4. The van der Waals surface area contributed by atoms with Crippen molar-refractivity contribution in [3.05, 3.63) is 100 Å². The zero-order valence-electron chi connectivity index (χ0n) is 22.5. The van der Waals surface area contributed by atoms with E-state index in [1.54, 1.807) is 36.5 Å². The number of hydrogen-bond donors (Lipinski definition) is 1. The molecule has 208 valence electrons. The summed E-state index contributed by atoms with van der Waals surface area (Å²) in [6.45, 7) is 3.43. The van der Waals surface area contributed by atoms with Gasteiger partial charge in [-0.1, -0.05) is 40.2 Å². The Balaban J connectivity index is 1.59. The van der Waals surface area contributed by atoms with Crippen molar-refractivity contribution >= 4 is 43.8 Å². The van der Waals surface area contributed by atoms with Crippen LogP contribution in [0.5, 0.6) is 11.5 Å². The lowest BCUT2D eigenvalue weighted by Crippen LogP contribution is -2.39. The molecule has 0 saturated carbocycles. The Morgan fingerprint density at radius 2 is 1.70 bits per heavy atom. The SMILES string of the molecule is COc1ccc(N(CC(=O)N/N=C\c2cc(C)n(-c3cccc(Br)c3)c2C)S(=O)(=O)c2ccccc2)cc1OC. The highest BCUT2D eigenvalue weighted by molar-refractivity contribution is 9.10. The lowest BCUT2D eigenvalue weighted by Gasteiger charge is -2.24. The van der Waals surface area contributed by atoms with E-state index in [-0.39, 0.29) is 10.6 Å². The number of sulfonamides is 1. The Bertz CT molecular complexity index is 1650. The first-order valence-corrected chi connectivity index (χ1v) is 14.5. The average molecular weight is 626 g/mol. The second-order valence-corrected chi connectivity index (χ2v) is 11.6. The van der Waals surface area contributed by atoms with E-state index >= 15 is 0 Å². The van der Waals surface area contributed by atoms with Gasteiger partial charge in [-0.25, -0.2) is 13.8 Å². The molecule has 0 fully saturated rings. The number of amides is 1. The van der Waals surface area contributed by atoms with Crippen molar-refractivity contribution in [3.8, 4) is 17.2 Å². The molecule has 1 amide bonds. The second kappa shape index (κ2) is 12.4. The predicted molar refractivity (Wildman–Crippen MR) is 159 cm³/mol. The molecular weight excluding hydrogens is 596 g/mol. The van der Waals surface area contributed by atoms with Crippen LogP contribution in [0.15, 0.2) is 93.3 Å². The fourth-order valence-electron chi connectivity index (χ4n) is 4.29. The number of rotatable bonds is 10. The highest BCUT2D eigenvalue weighted by Crippen LogP contribution is 2.33. The molecule has 1 N–H and O–H groups in total. The van der Waals surface area contributed by atoms with Crippen LogP contribution in [0.2, 0.25) is 0 Å². The van der Waals surface area contributed by atoms with Crippen molar-refractivity contribution < 1.29 is 22.7 Å². The third kappa shape index (κ3) is 6.21. The van der Waals surface area contributed by atoms with Gasteiger partial charge < -0.3 is 14.0 Å². The molecule has 4 rings (SSSR count). The minimum atomic E-state index is -4.10. The molecule has 3 aromatic carbocycles. The first-order valence-electron chi connectivity index (χ1n) is 12.2. The van der Waals surface area contributed by atoms with Gasteiger partial charge in [-0.2, -0.15) is 5.10 Å². The van der Waals surface area contributed by atoms with Gasteiger partial charge in [0.05, 0.1) is 31.0 Å². The number of nitrogens with zero attached hydrogens (tertiary/aromatic N) is 3. The zero-order chi connectivity index (χ0) is 28.9. The van der Waals surface area contributed by atoms with Crippen molar-refractivity contribution in [1.82, 2.24) is 9.99 Å². The molecule has 0 aliphatic rings. The van der Waals surface area contributed by atoms with Gasteiger partial charge in [0, 0.05) is 33.2 Å². The maximum absolute atomic E-state index is 13.6. The Morgan fingerprint density at radius 1 is 0.975 bits per heavy atom. The molecule has 0 spiro atoms. The van der Waals surface area contributed by atoms with Gasteiger partial charge in [0.2, 0.25) is 0 Å². The van der Waals surface area contributed by atoms with E-state index in [2.05, 4.69) is 31.0 Å². The molecule has 0 atom stereocenters. The van der Waals surface area contributed by atoms with Gasteiger partial charge in [0.25, 0.3) is 15.9 Å². The first-order chi connectivity index (χ1) is 19.1. The van der Waals surface area contributed by atoms with Gasteiger partial charge in [-0.3, -0.25) is 9.10 Å². The maximum Gasteiger partial charge on any atom is 0.264 e. The second-order valence-electron chi connectivity index (χ2n) is 8.80. The molecule has 9 nitrogen and oxygen atoms in total. The smallest absolute Gasteiger partial charge is 0.264 e. The molecule has 0 saturated heterocycles. The molecule has 11 heteroatoms. The number of halogens is 1. The van der Waals surface area contributed by atoms with Crippen molar-refractivity contribution in [2.24, 2.45) is 5.10 Å². The van der Waals surface area contributed by atoms with Crippen LogP contribution in [-0.2, 0) is 14.8 Å². The van der Waals surface area contributed by atoms with E-state index in [1.807, 2.05) is 44.2 Å². The number of methoxy groups -OCH3 is 2. The van der Waals surface area contributed by atoms with E-state index in [0.29, 0.717) is 11.5 Å². The summed E-state index contributed by atoms with van der Waals surface area (Å²) >= 11 is 3.51. The molecule has 4 aromatic rings. The molecule has 0 bridgehead atoms. The molecule has 0 aliphatic carbocycles. The minimum Gasteiger partial charge on any atom is -0.493 e. The Hall–Kier alpha value is -4.09. The van der Waals surface area contributed by atoms with E-state index in [9.17, 15) is 13.2 Å². The number of hydrogen-bond acceptors (Lipinski definition) is 6. The number of nitrogens with one attached hydrogen (secondary N) is 1. The maximum atomic E-state index is 13.6. The van der Waals surface area contributed by atoms with Crippen LogP contribution < -0.4 is 19.2 Å². The van der Waals surface area contributed by atoms with E-state index in [1.165, 1.54) is 32.4 Å². The number of carbonyl (C=O) groups excluding carboxylic acids is 1. The molecule has 0 radical (unpaired) electrons. The van der Waals surface area contributed by atoms with Crippen molar-refractivity contribution in [1.29, 1.82) is 0 Å². The van der Waals surface area contributed by atoms with Crippen LogP contribution in [0.25, 0.3) is 5.69 Å². The Labute approximate surface area is 242 Å². The summed E-state index contributed by atoms with van der Waals surface area (Å²) in [4.78, 5) is 13.0. The van der Waals surface area contributed by atoms with Crippen LogP contribution >= 0.6 is 15.9 Å². The van der Waals surface area contributed by atoms with Crippen LogP contribution in [0.4, 0.5) is 5.69 Å². The van der Waals surface area contributed by atoms with Crippen LogP contribution in [-0.4, -0.2) is 45.9 Å². The normalized spacial score (nSPS) is 11.4. The summed E-state index contributed by atoms with van der Waals surface area (Å²) in [6.07, 6.45) is 1.54. The molecule has 1 heterocycles.